The molecule has 0 heterocycles. The van der Waals surface area contributed by atoms with Gasteiger partial charge in [-0.05, 0) is 61.2 Å². The molecule has 0 spiro atoms. The minimum atomic E-state index is -0.0984. The molecule has 0 saturated heterocycles. The van der Waals surface area contributed by atoms with Crippen LogP contribution in [0.3, 0.4) is 0 Å². The second kappa shape index (κ2) is 10.1. The number of rotatable bonds is 10. The van der Waals surface area contributed by atoms with Crippen molar-refractivity contribution in [2.45, 2.75) is 32.7 Å². The normalized spacial score (nSPS) is 13.2. The van der Waals surface area contributed by atoms with E-state index in [9.17, 15) is 0 Å². The molecule has 1 heteroatoms. The summed E-state index contributed by atoms with van der Waals surface area (Å²) < 4.78 is 0. The number of allylic oxidation sites excluding steroid dienone is 4. The Morgan fingerprint density at radius 3 is 2.50 bits per heavy atom. The predicted molar refractivity (Wildman–Crippen MR) is 126 cm³/mol. The Labute approximate surface area is 170 Å². The third-order valence-electron chi connectivity index (χ3n) is 5.14. The highest BCUT2D eigenvalue weighted by Crippen LogP contribution is 2.26. The van der Waals surface area contributed by atoms with Gasteiger partial charge in [0.05, 0.1) is 0 Å². The maximum atomic E-state index is 4.27. The standard InChI is InChI=1S/C27H33N/c1-7-14-22(4)26(8-2)27(5,6)28-20-12-11-15-21(3)24-19-13-17-23-16-9-10-18-25(23)24/h7-11,13-19,26,28H,2-4,12,20H2,1,5-6H3/b14-7-,15-11-. The van der Waals surface area contributed by atoms with Crippen LogP contribution in [-0.2, 0) is 0 Å². The number of hydrogen-bond acceptors (Lipinski definition) is 1. The van der Waals surface area contributed by atoms with Crippen molar-refractivity contribution in [1.82, 2.24) is 5.32 Å². The molecule has 1 N–H and O–H groups in total. The lowest BCUT2D eigenvalue weighted by molar-refractivity contribution is 0.333. The predicted octanol–water partition coefficient (Wildman–Crippen LogP) is 7.10. The van der Waals surface area contributed by atoms with Gasteiger partial charge in [0.1, 0.15) is 0 Å². The van der Waals surface area contributed by atoms with Gasteiger partial charge in [0.25, 0.3) is 0 Å². The largest absolute Gasteiger partial charge is 0.311 e. The summed E-state index contributed by atoms with van der Waals surface area (Å²) in [4.78, 5) is 0. The smallest absolute Gasteiger partial charge is 0.0228 e. The van der Waals surface area contributed by atoms with Gasteiger partial charge >= 0.3 is 0 Å². The Bertz CT molecular complexity index is 890. The zero-order chi connectivity index (χ0) is 20.6. The highest BCUT2D eigenvalue weighted by atomic mass is 15.0. The topological polar surface area (TPSA) is 12.0 Å². The van der Waals surface area contributed by atoms with Crippen LogP contribution in [0.1, 0.15) is 32.8 Å². The minimum Gasteiger partial charge on any atom is -0.311 e. The highest BCUT2D eigenvalue weighted by molar-refractivity contribution is 5.95. The van der Waals surface area contributed by atoms with Crippen LogP contribution >= 0.6 is 0 Å². The average Bonchev–Trinajstić information content (AvgIpc) is 2.67. The van der Waals surface area contributed by atoms with E-state index >= 15 is 0 Å². The molecule has 0 bridgehead atoms. The minimum absolute atomic E-state index is 0.0984. The maximum Gasteiger partial charge on any atom is 0.0228 e. The lowest BCUT2D eigenvalue weighted by Crippen LogP contribution is -2.46. The molecule has 0 aliphatic rings. The maximum absolute atomic E-state index is 4.27. The van der Waals surface area contributed by atoms with Crippen molar-refractivity contribution in [2.75, 3.05) is 6.54 Å². The molecule has 146 valence electrons. The fraction of sp³-hybridized carbons (Fsp3) is 0.259. The van der Waals surface area contributed by atoms with Crippen molar-refractivity contribution in [2.24, 2.45) is 5.92 Å². The molecule has 0 aliphatic carbocycles. The third kappa shape index (κ3) is 5.43. The Balaban J connectivity index is 1.95. The fourth-order valence-corrected chi connectivity index (χ4v) is 3.64. The lowest BCUT2D eigenvalue weighted by Gasteiger charge is -2.34. The monoisotopic (exact) mass is 371 g/mol. The van der Waals surface area contributed by atoms with Gasteiger partial charge in [0.15, 0.2) is 0 Å². The molecule has 0 aromatic heterocycles. The first kappa shape index (κ1) is 21.7. The van der Waals surface area contributed by atoms with E-state index < -0.39 is 0 Å². The molecule has 2 aromatic carbocycles. The third-order valence-corrected chi connectivity index (χ3v) is 5.14. The molecule has 2 rings (SSSR count). The Hall–Kier alpha value is -2.64. The van der Waals surface area contributed by atoms with Crippen LogP contribution in [0.5, 0.6) is 0 Å². The SMILES string of the molecule is C=CC(C(=C)/C=C\C)C(C)(C)NCC/C=C\C(=C)c1cccc2ccccc12. The van der Waals surface area contributed by atoms with Crippen molar-refractivity contribution in [1.29, 1.82) is 0 Å². The number of nitrogens with one attached hydrogen (secondary N) is 1. The highest BCUT2D eigenvalue weighted by Gasteiger charge is 2.27. The average molecular weight is 372 g/mol. The lowest BCUT2D eigenvalue weighted by atomic mass is 9.82. The number of fused-ring (bicyclic) bond motifs is 1. The van der Waals surface area contributed by atoms with E-state index in [0.29, 0.717) is 0 Å². The zero-order valence-corrected chi connectivity index (χ0v) is 17.5. The summed E-state index contributed by atoms with van der Waals surface area (Å²) in [6.45, 7) is 19.8. The Morgan fingerprint density at radius 1 is 1.07 bits per heavy atom. The van der Waals surface area contributed by atoms with Crippen LogP contribution in [-0.4, -0.2) is 12.1 Å². The van der Waals surface area contributed by atoms with Crippen LogP contribution in [0.2, 0.25) is 0 Å². The molecule has 0 amide bonds. The first-order valence-electron chi connectivity index (χ1n) is 9.93. The summed E-state index contributed by atoms with van der Waals surface area (Å²) in [5.74, 6) is 0.193. The Kier molecular flexibility index (Phi) is 7.78. The molecule has 1 nitrogen and oxygen atoms in total. The van der Waals surface area contributed by atoms with Gasteiger partial charge in [0.2, 0.25) is 0 Å². The molecule has 2 aromatic rings. The molecule has 1 atom stereocenters. The van der Waals surface area contributed by atoms with Crippen LogP contribution in [0, 0.1) is 5.92 Å². The van der Waals surface area contributed by atoms with Crippen LogP contribution in [0.15, 0.2) is 98.2 Å². The van der Waals surface area contributed by atoms with Crippen LogP contribution in [0.4, 0.5) is 0 Å². The molecular formula is C27H33N. The van der Waals surface area contributed by atoms with Crippen molar-refractivity contribution in [3.05, 3.63) is 104 Å². The van der Waals surface area contributed by atoms with Crippen molar-refractivity contribution < 1.29 is 0 Å². The van der Waals surface area contributed by atoms with E-state index in [2.05, 4.69) is 99.6 Å². The van der Waals surface area contributed by atoms with E-state index in [-0.39, 0.29) is 11.5 Å². The quantitative estimate of drug-likeness (QED) is 0.267. The molecule has 0 saturated carbocycles. The fourth-order valence-electron chi connectivity index (χ4n) is 3.64. The first-order valence-corrected chi connectivity index (χ1v) is 9.93. The van der Waals surface area contributed by atoms with Crippen LogP contribution < -0.4 is 5.32 Å². The van der Waals surface area contributed by atoms with Gasteiger partial charge in [-0.2, -0.15) is 0 Å². The van der Waals surface area contributed by atoms with Gasteiger partial charge in [-0.3, -0.25) is 0 Å². The summed E-state index contributed by atoms with van der Waals surface area (Å²) in [5.41, 5.74) is 3.21. The molecular weight excluding hydrogens is 338 g/mol. The van der Waals surface area contributed by atoms with E-state index in [1.165, 1.54) is 16.3 Å². The van der Waals surface area contributed by atoms with Crippen molar-refractivity contribution >= 4 is 16.3 Å². The van der Waals surface area contributed by atoms with Crippen molar-refractivity contribution in [3.63, 3.8) is 0 Å². The van der Waals surface area contributed by atoms with Crippen LogP contribution in [0.25, 0.3) is 16.3 Å². The van der Waals surface area contributed by atoms with Gasteiger partial charge in [0, 0.05) is 11.5 Å². The second-order valence-corrected chi connectivity index (χ2v) is 7.68. The second-order valence-electron chi connectivity index (χ2n) is 7.68. The summed E-state index contributed by atoms with van der Waals surface area (Å²) in [6.07, 6.45) is 11.3. The van der Waals surface area contributed by atoms with E-state index in [0.717, 1.165) is 24.1 Å². The van der Waals surface area contributed by atoms with E-state index in [1.54, 1.807) is 0 Å². The van der Waals surface area contributed by atoms with E-state index in [4.69, 9.17) is 0 Å². The zero-order valence-electron chi connectivity index (χ0n) is 17.5. The summed E-state index contributed by atoms with van der Waals surface area (Å²) in [5, 5.41) is 6.14. The summed E-state index contributed by atoms with van der Waals surface area (Å²) >= 11 is 0. The first-order chi connectivity index (χ1) is 13.4. The van der Waals surface area contributed by atoms with Gasteiger partial charge in [-0.25, -0.2) is 0 Å². The molecule has 0 aliphatic heterocycles. The molecule has 0 radical (unpaired) electrons. The summed E-state index contributed by atoms with van der Waals surface area (Å²) in [6, 6.07) is 14.8. The van der Waals surface area contributed by atoms with Crippen molar-refractivity contribution in [3.8, 4) is 0 Å². The van der Waals surface area contributed by atoms with Gasteiger partial charge in [-0.15, -0.1) is 6.58 Å². The van der Waals surface area contributed by atoms with Gasteiger partial charge in [-0.1, -0.05) is 86.0 Å². The molecule has 28 heavy (non-hydrogen) atoms. The summed E-state index contributed by atoms with van der Waals surface area (Å²) in [7, 11) is 0. The van der Waals surface area contributed by atoms with E-state index in [1.807, 2.05) is 19.1 Å². The van der Waals surface area contributed by atoms with Gasteiger partial charge < -0.3 is 5.32 Å². The number of hydrogen-bond donors (Lipinski definition) is 1. The molecule has 0 fully saturated rings. The molecule has 1 unspecified atom stereocenters. The Morgan fingerprint density at radius 2 is 1.79 bits per heavy atom. The number of benzene rings is 2.